The largest absolute Gasteiger partial charge is 0.388 e. The summed E-state index contributed by atoms with van der Waals surface area (Å²) in [5.74, 6) is 1.48. The highest BCUT2D eigenvalue weighted by molar-refractivity contribution is 8.01. The van der Waals surface area contributed by atoms with Crippen molar-refractivity contribution in [1.29, 1.82) is 0 Å². The van der Waals surface area contributed by atoms with Crippen molar-refractivity contribution in [3.05, 3.63) is 29.8 Å². The summed E-state index contributed by atoms with van der Waals surface area (Å²) >= 11 is 1.66. The van der Waals surface area contributed by atoms with Crippen molar-refractivity contribution in [2.45, 2.75) is 24.8 Å². The van der Waals surface area contributed by atoms with Gasteiger partial charge < -0.3 is 10.0 Å². The molecule has 20 heavy (non-hydrogen) atoms. The van der Waals surface area contributed by atoms with Gasteiger partial charge in [-0.3, -0.25) is 0 Å². The second kappa shape index (κ2) is 6.37. The minimum atomic E-state index is -3.15. The van der Waals surface area contributed by atoms with Crippen molar-refractivity contribution in [1.82, 2.24) is 0 Å². The van der Waals surface area contributed by atoms with Crippen molar-refractivity contribution in [3.63, 3.8) is 0 Å². The van der Waals surface area contributed by atoms with Crippen molar-refractivity contribution < 1.29 is 13.5 Å². The van der Waals surface area contributed by atoms with E-state index in [9.17, 15) is 13.5 Å². The molecule has 112 valence electrons. The van der Waals surface area contributed by atoms with Gasteiger partial charge in [0.1, 0.15) is 5.37 Å². The lowest BCUT2D eigenvalue weighted by Gasteiger charge is -2.37. The lowest BCUT2D eigenvalue weighted by atomic mass is 10.0. The molecule has 0 amide bonds. The number of hydrogen-bond donors (Lipinski definition) is 1. The van der Waals surface area contributed by atoms with Crippen LogP contribution in [0.3, 0.4) is 0 Å². The highest BCUT2D eigenvalue weighted by atomic mass is 32.2. The number of para-hydroxylation sites is 1. The number of anilines is 1. The number of benzene rings is 1. The molecule has 1 aromatic carbocycles. The fourth-order valence-corrected chi connectivity index (χ4v) is 5.29. The maximum Gasteiger partial charge on any atom is 0.169 e. The normalized spacial score (nSPS) is 21.8. The molecule has 0 saturated carbocycles. The summed E-state index contributed by atoms with van der Waals surface area (Å²) in [7, 11) is -3.15. The topological polar surface area (TPSA) is 57.6 Å². The third-order valence-electron chi connectivity index (χ3n) is 3.57. The first-order valence-electron chi connectivity index (χ1n) is 6.75. The number of nitrogens with zero attached hydrogens (tertiary/aromatic N) is 1. The lowest BCUT2D eigenvalue weighted by Crippen LogP contribution is -2.47. The van der Waals surface area contributed by atoms with Crippen molar-refractivity contribution >= 4 is 27.3 Å². The van der Waals surface area contributed by atoms with E-state index in [0.717, 1.165) is 17.0 Å². The van der Waals surface area contributed by atoms with E-state index >= 15 is 0 Å². The Hall–Kier alpha value is -0.720. The van der Waals surface area contributed by atoms with Crippen molar-refractivity contribution in [2.24, 2.45) is 0 Å². The Morgan fingerprint density at radius 1 is 1.45 bits per heavy atom. The summed E-state index contributed by atoms with van der Waals surface area (Å²) in [6.45, 7) is 2.61. The number of aliphatic hydroxyl groups excluding tert-OH is 1. The predicted octanol–water partition coefficient (Wildman–Crippen LogP) is 2.05. The standard InChI is InChI=1S/C14H21NO3S2/c1-3-13(16)11-6-4-5-7-12(11)15-8-9-19-10-14(15)20(2,17)18/h4-7,13-14,16H,3,8-10H2,1-2H3/t13-,14?/m1/s1. The molecular weight excluding hydrogens is 294 g/mol. The highest BCUT2D eigenvalue weighted by Crippen LogP contribution is 2.33. The van der Waals surface area contributed by atoms with E-state index in [2.05, 4.69) is 0 Å². The van der Waals surface area contributed by atoms with Gasteiger partial charge in [0.05, 0.1) is 6.10 Å². The first kappa shape index (κ1) is 15.7. The zero-order chi connectivity index (χ0) is 14.8. The van der Waals surface area contributed by atoms with Crippen molar-refractivity contribution in [3.8, 4) is 0 Å². The average Bonchev–Trinajstić information content (AvgIpc) is 2.45. The Balaban J connectivity index is 2.43. The first-order valence-corrected chi connectivity index (χ1v) is 9.86. The third kappa shape index (κ3) is 3.30. The molecule has 0 aromatic heterocycles. The maximum absolute atomic E-state index is 12.0. The fraction of sp³-hybridized carbons (Fsp3) is 0.571. The third-order valence-corrected chi connectivity index (χ3v) is 6.21. The number of hydrogen-bond acceptors (Lipinski definition) is 5. The summed E-state index contributed by atoms with van der Waals surface area (Å²) in [5.41, 5.74) is 1.66. The average molecular weight is 315 g/mol. The zero-order valence-corrected chi connectivity index (χ0v) is 13.5. The molecule has 1 aliphatic heterocycles. The summed E-state index contributed by atoms with van der Waals surface area (Å²) in [6, 6.07) is 7.56. The molecule has 1 saturated heterocycles. The molecule has 2 atom stereocenters. The first-order chi connectivity index (χ1) is 9.45. The number of sulfone groups is 1. The van der Waals surface area contributed by atoms with Crippen LogP contribution in [0.4, 0.5) is 5.69 Å². The van der Waals surface area contributed by atoms with Gasteiger partial charge in [-0.15, -0.1) is 0 Å². The monoisotopic (exact) mass is 315 g/mol. The summed E-state index contributed by atoms with van der Waals surface area (Å²) in [4.78, 5) is 1.93. The molecule has 1 aliphatic rings. The van der Waals surface area contributed by atoms with Gasteiger partial charge in [0.25, 0.3) is 0 Å². The number of thioether (sulfide) groups is 1. The summed E-state index contributed by atoms with van der Waals surface area (Å²) in [6.07, 6.45) is 1.35. The molecule has 1 N–H and O–H groups in total. The van der Waals surface area contributed by atoms with Gasteiger partial charge in [0.15, 0.2) is 9.84 Å². The van der Waals surface area contributed by atoms with Crippen LogP contribution in [-0.4, -0.2) is 43.2 Å². The van der Waals surface area contributed by atoms with Crippen LogP contribution < -0.4 is 4.90 Å². The number of aliphatic hydroxyl groups is 1. The van der Waals surface area contributed by atoms with E-state index in [0.29, 0.717) is 18.7 Å². The highest BCUT2D eigenvalue weighted by Gasteiger charge is 2.32. The van der Waals surface area contributed by atoms with Crippen LogP contribution in [0.1, 0.15) is 25.0 Å². The van der Waals surface area contributed by atoms with Gasteiger partial charge in [0.2, 0.25) is 0 Å². The van der Waals surface area contributed by atoms with Gasteiger partial charge in [-0.05, 0) is 12.5 Å². The van der Waals surface area contributed by atoms with E-state index in [-0.39, 0.29) is 0 Å². The Bertz CT molecular complexity index is 559. The van der Waals surface area contributed by atoms with Crippen LogP contribution in [0.15, 0.2) is 24.3 Å². The van der Waals surface area contributed by atoms with E-state index < -0.39 is 21.3 Å². The summed E-state index contributed by atoms with van der Waals surface area (Å²) < 4.78 is 24.0. The van der Waals surface area contributed by atoms with Gasteiger partial charge in [0, 0.05) is 35.6 Å². The minimum Gasteiger partial charge on any atom is -0.388 e. The van der Waals surface area contributed by atoms with Crippen LogP contribution in [0.5, 0.6) is 0 Å². The smallest absolute Gasteiger partial charge is 0.169 e. The Morgan fingerprint density at radius 3 is 2.80 bits per heavy atom. The van der Waals surface area contributed by atoms with Gasteiger partial charge in [-0.25, -0.2) is 8.42 Å². The minimum absolute atomic E-state index is 0.508. The second-order valence-electron chi connectivity index (χ2n) is 5.04. The van der Waals surface area contributed by atoms with E-state index in [1.807, 2.05) is 36.1 Å². The summed E-state index contributed by atoms with van der Waals surface area (Å²) in [5, 5.41) is 9.64. The van der Waals surface area contributed by atoms with Gasteiger partial charge in [-0.2, -0.15) is 11.8 Å². The molecule has 6 heteroatoms. The molecule has 0 aliphatic carbocycles. The molecule has 2 rings (SSSR count). The molecule has 0 bridgehead atoms. The van der Waals surface area contributed by atoms with E-state index in [4.69, 9.17) is 0 Å². The Labute approximate surface area is 125 Å². The van der Waals surface area contributed by atoms with Crippen LogP contribution >= 0.6 is 11.8 Å². The molecule has 1 heterocycles. The lowest BCUT2D eigenvalue weighted by molar-refractivity contribution is 0.174. The van der Waals surface area contributed by atoms with Crippen molar-refractivity contribution in [2.75, 3.05) is 29.2 Å². The molecule has 4 nitrogen and oxygen atoms in total. The van der Waals surface area contributed by atoms with Crippen LogP contribution in [-0.2, 0) is 9.84 Å². The van der Waals surface area contributed by atoms with Crippen LogP contribution in [0, 0.1) is 0 Å². The van der Waals surface area contributed by atoms with E-state index in [1.165, 1.54) is 6.26 Å². The Kier molecular flexibility index (Phi) is 4.99. The molecule has 1 fully saturated rings. The van der Waals surface area contributed by atoms with E-state index in [1.54, 1.807) is 11.8 Å². The molecule has 0 radical (unpaired) electrons. The van der Waals surface area contributed by atoms with Crippen LogP contribution in [0.25, 0.3) is 0 Å². The Morgan fingerprint density at radius 2 is 2.15 bits per heavy atom. The molecular formula is C14H21NO3S2. The molecule has 0 spiro atoms. The number of rotatable bonds is 4. The maximum atomic E-state index is 12.0. The molecule has 1 unspecified atom stereocenters. The van der Waals surface area contributed by atoms with Gasteiger partial charge >= 0.3 is 0 Å². The second-order valence-corrected chi connectivity index (χ2v) is 8.39. The predicted molar refractivity (Wildman–Crippen MR) is 85.0 cm³/mol. The quantitative estimate of drug-likeness (QED) is 0.921. The molecule has 1 aromatic rings. The zero-order valence-electron chi connectivity index (χ0n) is 11.8. The van der Waals surface area contributed by atoms with Gasteiger partial charge in [-0.1, -0.05) is 25.1 Å². The fourth-order valence-electron chi connectivity index (χ4n) is 2.46. The SMILES string of the molecule is CC[C@@H](O)c1ccccc1N1CCSCC1S(C)(=O)=O. The van der Waals surface area contributed by atoms with Crippen LogP contribution in [0.2, 0.25) is 0 Å².